The van der Waals surface area contributed by atoms with Crippen molar-refractivity contribution in [2.45, 2.75) is 32.2 Å². The van der Waals surface area contributed by atoms with E-state index in [2.05, 4.69) is 22.5 Å². The Bertz CT molecular complexity index is 394. The van der Waals surface area contributed by atoms with Gasteiger partial charge in [-0.15, -0.1) is 0 Å². The molecular weight excluding hydrogens is 214 g/mol. The summed E-state index contributed by atoms with van der Waals surface area (Å²) in [7, 11) is 0. The molecule has 4 heteroatoms. The van der Waals surface area contributed by atoms with E-state index in [1.807, 2.05) is 19.1 Å². The van der Waals surface area contributed by atoms with Crippen LogP contribution < -0.4 is 10.6 Å². The maximum absolute atomic E-state index is 12.1. The Labute approximate surface area is 102 Å². The molecule has 2 heterocycles. The molecule has 17 heavy (non-hydrogen) atoms. The van der Waals surface area contributed by atoms with E-state index in [0.29, 0.717) is 5.56 Å². The molecule has 1 fully saturated rings. The minimum atomic E-state index is -0.0901. The zero-order chi connectivity index (χ0) is 12.3. The summed E-state index contributed by atoms with van der Waals surface area (Å²) < 4.78 is 0. The Morgan fingerprint density at radius 1 is 1.41 bits per heavy atom. The summed E-state index contributed by atoms with van der Waals surface area (Å²) in [6.45, 7) is 5.94. The van der Waals surface area contributed by atoms with Crippen molar-refractivity contribution in [2.24, 2.45) is 0 Å². The zero-order valence-corrected chi connectivity index (χ0v) is 10.4. The van der Waals surface area contributed by atoms with Crippen LogP contribution in [0.15, 0.2) is 18.3 Å². The highest BCUT2D eigenvalue weighted by atomic mass is 16.1. The Hall–Kier alpha value is -1.42. The zero-order valence-electron chi connectivity index (χ0n) is 10.4. The van der Waals surface area contributed by atoms with Crippen molar-refractivity contribution >= 4 is 5.91 Å². The second-order valence-corrected chi connectivity index (χ2v) is 4.95. The van der Waals surface area contributed by atoms with E-state index in [4.69, 9.17) is 0 Å². The minimum Gasteiger partial charge on any atom is -0.347 e. The van der Waals surface area contributed by atoms with Gasteiger partial charge in [-0.1, -0.05) is 0 Å². The molecule has 4 nitrogen and oxygen atoms in total. The van der Waals surface area contributed by atoms with Gasteiger partial charge in [0.1, 0.15) is 0 Å². The van der Waals surface area contributed by atoms with Gasteiger partial charge in [0.15, 0.2) is 0 Å². The molecule has 1 saturated heterocycles. The summed E-state index contributed by atoms with van der Waals surface area (Å²) in [4.78, 5) is 16.2. The molecule has 0 radical (unpaired) electrons. The standard InChI is InChI=1S/C13H19N3O/c1-10-3-4-11(9-15-10)12(17)16-13(2)5-7-14-8-6-13/h3-4,9,14H,5-8H2,1-2H3,(H,16,17). The van der Waals surface area contributed by atoms with Gasteiger partial charge in [0.25, 0.3) is 5.91 Å². The van der Waals surface area contributed by atoms with Crippen LogP contribution in [-0.2, 0) is 0 Å². The van der Waals surface area contributed by atoms with Crippen molar-refractivity contribution in [1.29, 1.82) is 0 Å². The molecule has 0 unspecified atom stereocenters. The molecule has 0 spiro atoms. The Balaban J connectivity index is 2.03. The van der Waals surface area contributed by atoms with Crippen LogP contribution in [0, 0.1) is 6.92 Å². The first-order valence-electron chi connectivity index (χ1n) is 6.05. The lowest BCUT2D eigenvalue weighted by atomic mass is 9.90. The summed E-state index contributed by atoms with van der Waals surface area (Å²) in [5, 5.41) is 6.41. The van der Waals surface area contributed by atoms with Crippen LogP contribution in [0.3, 0.4) is 0 Å². The average Bonchev–Trinajstić information content (AvgIpc) is 2.30. The monoisotopic (exact) mass is 233 g/mol. The van der Waals surface area contributed by atoms with Crippen LogP contribution in [0.2, 0.25) is 0 Å². The number of aromatic nitrogens is 1. The van der Waals surface area contributed by atoms with E-state index in [0.717, 1.165) is 31.6 Å². The van der Waals surface area contributed by atoms with Gasteiger partial charge in [-0.05, 0) is 51.9 Å². The predicted octanol–water partition coefficient (Wildman–Crippen LogP) is 1.26. The van der Waals surface area contributed by atoms with Crippen molar-refractivity contribution in [2.75, 3.05) is 13.1 Å². The van der Waals surface area contributed by atoms with Gasteiger partial charge < -0.3 is 10.6 Å². The van der Waals surface area contributed by atoms with E-state index < -0.39 is 0 Å². The van der Waals surface area contributed by atoms with Crippen molar-refractivity contribution in [3.8, 4) is 0 Å². The molecule has 0 atom stereocenters. The Morgan fingerprint density at radius 3 is 2.71 bits per heavy atom. The van der Waals surface area contributed by atoms with Crippen LogP contribution in [-0.4, -0.2) is 29.5 Å². The number of carbonyl (C=O) groups is 1. The lowest BCUT2D eigenvalue weighted by molar-refractivity contribution is 0.0887. The number of rotatable bonds is 2. The molecule has 1 amide bonds. The molecule has 0 saturated carbocycles. The molecule has 1 aliphatic rings. The Morgan fingerprint density at radius 2 is 2.12 bits per heavy atom. The maximum Gasteiger partial charge on any atom is 0.253 e. The van der Waals surface area contributed by atoms with Crippen LogP contribution in [0.5, 0.6) is 0 Å². The van der Waals surface area contributed by atoms with Crippen LogP contribution in [0.25, 0.3) is 0 Å². The molecule has 92 valence electrons. The second kappa shape index (κ2) is 4.84. The fourth-order valence-electron chi connectivity index (χ4n) is 2.05. The highest BCUT2D eigenvalue weighted by molar-refractivity contribution is 5.94. The van der Waals surface area contributed by atoms with Gasteiger partial charge in [-0.3, -0.25) is 9.78 Å². The van der Waals surface area contributed by atoms with E-state index >= 15 is 0 Å². The van der Waals surface area contributed by atoms with Gasteiger partial charge in [0.05, 0.1) is 5.56 Å². The Kier molecular flexibility index (Phi) is 3.43. The summed E-state index contributed by atoms with van der Waals surface area (Å²) >= 11 is 0. The normalized spacial score (nSPS) is 18.7. The highest BCUT2D eigenvalue weighted by Gasteiger charge is 2.28. The summed E-state index contributed by atoms with van der Waals surface area (Å²) in [6.07, 6.45) is 3.57. The first-order chi connectivity index (χ1) is 8.09. The van der Waals surface area contributed by atoms with Gasteiger partial charge in [-0.25, -0.2) is 0 Å². The second-order valence-electron chi connectivity index (χ2n) is 4.95. The van der Waals surface area contributed by atoms with Gasteiger partial charge in [0, 0.05) is 17.4 Å². The summed E-state index contributed by atoms with van der Waals surface area (Å²) in [5.41, 5.74) is 1.47. The molecule has 1 aromatic heterocycles. The number of carbonyl (C=O) groups excluding carboxylic acids is 1. The van der Waals surface area contributed by atoms with E-state index in [1.165, 1.54) is 0 Å². The minimum absolute atomic E-state index is 0.0260. The van der Waals surface area contributed by atoms with E-state index in [-0.39, 0.29) is 11.4 Å². The lowest BCUT2D eigenvalue weighted by Gasteiger charge is -2.34. The van der Waals surface area contributed by atoms with Crippen molar-refractivity contribution in [3.05, 3.63) is 29.6 Å². The lowest BCUT2D eigenvalue weighted by Crippen LogP contribution is -2.52. The van der Waals surface area contributed by atoms with Gasteiger partial charge >= 0.3 is 0 Å². The summed E-state index contributed by atoms with van der Waals surface area (Å²) in [6, 6.07) is 3.68. The van der Waals surface area contributed by atoms with Crippen molar-refractivity contribution in [1.82, 2.24) is 15.6 Å². The molecule has 1 aliphatic heterocycles. The van der Waals surface area contributed by atoms with Crippen LogP contribution in [0.4, 0.5) is 0 Å². The first-order valence-corrected chi connectivity index (χ1v) is 6.05. The first kappa shape index (κ1) is 12.0. The smallest absolute Gasteiger partial charge is 0.253 e. The quantitative estimate of drug-likeness (QED) is 0.808. The number of hydrogen-bond donors (Lipinski definition) is 2. The van der Waals surface area contributed by atoms with E-state index in [1.54, 1.807) is 6.20 Å². The van der Waals surface area contributed by atoms with Crippen molar-refractivity contribution < 1.29 is 4.79 Å². The van der Waals surface area contributed by atoms with Crippen LogP contribution in [0.1, 0.15) is 35.8 Å². The fraction of sp³-hybridized carbons (Fsp3) is 0.538. The van der Waals surface area contributed by atoms with Gasteiger partial charge in [0.2, 0.25) is 0 Å². The molecule has 2 rings (SSSR count). The predicted molar refractivity (Wildman–Crippen MR) is 66.9 cm³/mol. The fourth-order valence-corrected chi connectivity index (χ4v) is 2.05. The topological polar surface area (TPSA) is 54.0 Å². The third-order valence-corrected chi connectivity index (χ3v) is 3.30. The molecular formula is C13H19N3O. The van der Waals surface area contributed by atoms with E-state index in [9.17, 15) is 4.79 Å². The number of piperidine rings is 1. The number of amides is 1. The third kappa shape index (κ3) is 3.03. The van der Waals surface area contributed by atoms with Crippen molar-refractivity contribution in [3.63, 3.8) is 0 Å². The third-order valence-electron chi connectivity index (χ3n) is 3.30. The molecule has 0 aliphatic carbocycles. The average molecular weight is 233 g/mol. The number of pyridine rings is 1. The number of aryl methyl sites for hydroxylation is 1. The summed E-state index contributed by atoms with van der Waals surface area (Å²) in [5.74, 6) is -0.0260. The SMILES string of the molecule is Cc1ccc(C(=O)NC2(C)CCNCC2)cn1. The molecule has 1 aromatic rings. The maximum atomic E-state index is 12.1. The van der Waals surface area contributed by atoms with Crippen LogP contribution >= 0.6 is 0 Å². The number of nitrogens with one attached hydrogen (secondary N) is 2. The van der Waals surface area contributed by atoms with Gasteiger partial charge in [-0.2, -0.15) is 0 Å². The number of hydrogen-bond acceptors (Lipinski definition) is 3. The molecule has 0 aromatic carbocycles. The molecule has 0 bridgehead atoms. The molecule has 2 N–H and O–H groups in total. The number of nitrogens with zero attached hydrogens (tertiary/aromatic N) is 1. The highest BCUT2D eigenvalue weighted by Crippen LogP contribution is 2.17. The largest absolute Gasteiger partial charge is 0.347 e.